The first-order valence-electron chi connectivity index (χ1n) is 7.47. The molecular weight excluding hydrogens is 226 g/mol. The van der Waals surface area contributed by atoms with E-state index in [2.05, 4.69) is 5.32 Å². The summed E-state index contributed by atoms with van der Waals surface area (Å²) in [6, 6.07) is 0.649. The molecule has 3 nitrogen and oxygen atoms in total. The monoisotopic (exact) mass is 253 g/mol. The molecule has 0 saturated heterocycles. The largest absolute Gasteiger partial charge is 0.481 e. The highest BCUT2D eigenvalue weighted by atomic mass is 16.4. The zero-order valence-corrected chi connectivity index (χ0v) is 11.7. The Morgan fingerprint density at radius 2 is 1.89 bits per heavy atom. The highest BCUT2D eigenvalue weighted by Gasteiger charge is 2.37. The second-order valence-electron chi connectivity index (χ2n) is 6.79. The van der Waals surface area contributed by atoms with Gasteiger partial charge in [-0.25, -0.2) is 0 Å². The molecule has 0 aromatic rings. The second-order valence-corrected chi connectivity index (χ2v) is 6.79. The lowest BCUT2D eigenvalue weighted by atomic mass is 9.81. The molecule has 0 heterocycles. The van der Waals surface area contributed by atoms with Crippen LogP contribution in [0.4, 0.5) is 0 Å². The van der Waals surface area contributed by atoms with Crippen LogP contribution < -0.4 is 5.32 Å². The number of carboxylic acids is 1. The van der Waals surface area contributed by atoms with Crippen molar-refractivity contribution in [2.24, 2.45) is 17.3 Å². The van der Waals surface area contributed by atoms with Crippen molar-refractivity contribution in [2.45, 2.75) is 64.8 Å². The Bertz CT molecular complexity index is 297. The average Bonchev–Trinajstić information content (AvgIpc) is 3.13. The summed E-state index contributed by atoms with van der Waals surface area (Å²) in [6.45, 7) is 4.47. The lowest BCUT2D eigenvalue weighted by Gasteiger charge is -2.33. The summed E-state index contributed by atoms with van der Waals surface area (Å²) < 4.78 is 0. The van der Waals surface area contributed by atoms with Crippen molar-refractivity contribution in [3.05, 3.63) is 0 Å². The molecule has 18 heavy (non-hydrogen) atoms. The number of carbonyl (C=O) groups is 1. The first-order chi connectivity index (χ1) is 8.50. The van der Waals surface area contributed by atoms with Crippen molar-refractivity contribution in [1.29, 1.82) is 0 Å². The Balaban J connectivity index is 1.76. The minimum Gasteiger partial charge on any atom is -0.481 e. The van der Waals surface area contributed by atoms with Crippen LogP contribution in [-0.2, 0) is 4.79 Å². The molecule has 0 bridgehead atoms. The Kier molecular flexibility index (Phi) is 4.31. The Labute approximate surface area is 110 Å². The molecule has 2 unspecified atom stereocenters. The third-order valence-electron chi connectivity index (χ3n) is 4.78. The normalized spacial score (nSPS) is 29.2. The minimum atomic E-state index is -0.688. The molecule has 2 saturated carbocycles. The minimum absolute atomic E-state index is 0.600. The van der Waals surface area contributed by atoms with Gasteiger partial charge in [0, 0.05) is 6.04 Å². The van der Waals surface area contributed by atoms with Crippen LogP contribution in [0.5, 0.6) is 0 Å². The van der Waals surface area contributed by atoms with Gasteiger partial charge in [0.2, 0.25) is 0 Å². The van der Waals surface area contributed by atoms with Crippen LogP contribution >= 0.6 is 0 Å². The van der Waals surface area contributed by atoms with Crippen molar-refractivity contribution in [3.8, 4) is 0 Å². The van der Waals surface area contributed by atoms with Crippen molar-refractivity contribution < 1.29 is 9.90 Å². The van der Waals surface area contributed by atoms with E-state index in [9.17, 15) is 4.79 Å². The van der Waals surface area contributed by atoms with E-state index in [1.165, 1.54) is 38.5 Å². The summed E-state index contributed by atoms with van der Waals surface area (Å²) in [5.74, 6) is 1.15. The molecule has 3 heteroatoms. The van der Waals surface area contributed by atoms with Gasteiger partial charge in [0.25, 0.3) is 0 Å². The van der Waals surface area contributed by atoms with Gasteiger partial charge in [0.1, 0.15) is 0 Å². The Hall–Kier alpha value is -0.570. The summed E-state index contributed by atoms with van der Waals surface area (Å²) in [6.07, 6.45) is 8.95. The van der Waals surface area contributed by atoms with Crippen LogP contribution in [0.25, 0.3) is 0 Å². The molecule has 0 spiro atoms. The molecule has 0 aliphatic heterocycles. The van der Waals surface area contributed by atoms with Gasteiger partial charge in [0.05, 0.1) is 5.41 Å². The van der Waals surface area contributed by atoms with Gasteiger partial charge < -0.3 is 10.4 Å². The number of hydrogen-bond acceptors (Lipinski definition) is 2. The second kappa shape index (κ2) is 5.60. The number of carboxylic acid groups (broad SMARTS) is 1. The fourth-order valence-corrected chi connectivity index (χ4v) is 3.18. The van der Waals surface area contributed by atoms with Gasteiger partial charge in [-0.3, -0.25) is 4.79 Å². The van der Waals surface area contributed by atoms with Gasteiger partial charge in [-0.15, -0.1) is 0 Å². The predicted molar refractivity (Wildman–Crippen MR) is 72.5 cm³/mol. The standard InChI is InChI=1S/C15H27NO2/c1-15(2,14(17)18)9-10-16-13-6-4-3-5-12(13)11-7-8-11/h11-13,16H,3-10H2,1-2H3,(H,17,18). The van der Waals surface area contributed by atoms with E-state index < -0.39 is 11.4 Å². The summed E-state index contributed by atoms with van der Waals surface area (Å²) in [7, 11) is 0. The van der Waals surface area contributed by atoms with E-state index in [4.69, 9.17) is 5.11 Å². The number of aliphatic carboxylic acids is 1. The molecule has 0 aromatic heterocycles. The van der Waals surface area contributed by atoms with Crippen LogP contribution in [0, 0.1) is 17.3 Å². The number of hydrogen-bond donors (Lipinski definition) is 2. The zero-order chi connectivity index (χ0) is 13.2. The molecule has 0 aromatic carbocycles. The van der Waals surface area contributed by atoms with Crippen molar-refractivity contribution in [3.63, 3.8) is 0 Å². The number of rotatable bonds is 6. The average molecular weight is 253 g/mol. The van der Waals surface area contributed by atoms with Crippen LogP contribution in [-0.4, -0.2) is 23.7 Å². The van der Waals surface area contributed by atoms with Crippen molar-refractivity contribution in [1.82, 2.24) is 5.32 Å². The van der Waals surface area contributed by atoms with E-state index in [-0.39, 0.29) is 0 Å². The fraction of sp³-hybridized carbons (Fsp3) is 0.933. The molecule has 104 valence electrons. The van der Waals surface area contributed by atoms with Crippen LogP contribution in [0.15, 0.2) is 0 Å². The van der Waals surface area contributed by atoms with E-state index in [0.29, 0.717) is 6.04 Å². The Morgan fingerprint density at radius 1 is 1.22 bits per heavy atom. The highest BCUT2D eigenvalue weighted by Crippen LogP contribution is 2.44. The molecule has 2 fully saturated rings. The smallest absolute Gasteiger partial charge is 0.309 e. The maximum atomic E-state index is 11.1. The predicted octanol–water partition coefficient (Wildman–Crippen LogP) is 3.05. The van der Waals surface area contributed by atoms with E-state index >= 15 is 0 Å². The molecule has 2 aliphatic rings. The SMILES string of the molecule is CC(C)(CCNC1CCCCC1C1CC1)C(=O)O. The van der Waals surface area contributed by atoms with Crippen LogP contribution in [0.3, 0.4) is 0 Å². The van der Waals surface area contributed by atoms with Crippen molar-refractivity contribution >= 4 is 5.97 Å². The van der Waals surface area contributed by atoms with Crippen LogP contribution in [0.2, 0.25) is 0 Å². The Morgan fingerprint density at radius 3 is 2.50 bits per heavy atom. The quantitative estimate of drug-likeness (QED) is 0.765. The zero-order valence-electron chi connectivity index (χ0n) is 11.7. The lowest BCUT2D eigenvalue weighted by molar-refractivity contribution is -0.147. The first-order valence-corrected chi connectivity index (χ1v) is 7.47. The molecule has 2 atom stereocenters. The third-order valence-corrected chi connectivity index (χ3v) is 4.78. The van der Waals surface area contributed by atoms with Gasteiger partial charge in [-0.1, -0.05) is 12.8 Å². The summed E-state index contributed by atoms with van der Waals surface area (Å²) in [5, 5.41) is 12.7. The summed E-state index contributed by atoms with van der Waals surface area (Å²) in [5.41, 5.74) is -0.600. The van der Waals surface area contributed by atoms with Gasteiger partial charge >= 0.3 is 5.97 Å². The molecular formula is C15H27NO2. The molecule has 2 N–H and O–H groups in total. The molecule has 0 amide bonds. The fourth-order valence-electron chi connectivity index (χ4n) is 3.18. The first kappa shape index (κ1) is 13.9. The van der Waals surface area contributed by atoms with E-state index in [1.807, 2.05) is 13.8 Å². The van der Waals surface area contributed by atoms with Gasteiger partial charge in [0.15, 0.2) is 0 Å². The third kappa shape index (κ3) is 3.47. The lowest BCUT2D eigenvalue weighted by Crippen LogP contribution is -2.41. The van der Waals surface area contributed by atoms with Gasteiger partial charge in [-0.2, -0.15) is 0 Å². The van der Waals surface area contributed by atoms with Crippen molar-refractivity contribution in [2.75, 3.05) is 6.54 Å². The molecule has 2 rings (SSSR count). The molecule has 0 radical (unpaired) electrons. The van der Waals surface area contributed by atoms with E-state index in [0.717, 1.165) is 24.8 Å². The maximum Gasteiger partial charge on any atom is 0.309 e. The highest BCUT2D eigenvalue weighted by molar-refractivity contribution is 5.73. The van der Waals surface area contributed by atoms with Crippen LogP contribution in [0.1, 0.15) is 58.8 Å². The summed E-state index contributed by atoms with van der Waals surface area (Å²) >= 11 is 0. The van der Waals surface area contributed by atoms with Gasteiger partial charge in [-0.05, 0) is 64.3 Å². The molecule has 2 aliphatic carbocycles. The maximum absolute atomic E-state index is 11.1. The van der Waals surface area contributed by atoms with E-state index in [1.54, 1.807) is 0 Å². The summed E-state index contributed by atoms with van der Waals surface area (Å²) in [4.78, 5) is 11.1. The topological polar surface area (TPSA) is 49.3 Å². The number of nitrogens with one attached hydrogen (secondary N) is 1.